The van der Waals surface area contributed by atoms with E-state index in [2.05, 4.69) is 171 Å². The van der Waals surface area contributed by atoms with Gasteiger partial charge in [-0.2, -0.15) is 0 Å². The van der Waals surface area contributed by atoms with Crippen molar-refractivity contribution >= 4 is 45.5 Å². The first kappa shape index (κ1) is 26.3. The SMILES string of the molecule is CN1/C(=C\P(=Nc2cccc3ccccc23)(Oc2cccc3ccccc23)c2ccccc2)C(C)(C)c2ccccc21. The summed E-state index contributed by atoms with van der Waals surface area (Å²) in [5, 5.41) is 5.56. The number of hydrogen-bond acceptors (Lipinski definition) is 3. The summed E-state index contributed by atoms with van der Waals surface area (Å²) < 4.78 is 13.1. The largest absolute Gasteiger partial charge is 0.452 e. The molecule has 42 heavy (non-hydrogen) atoms. The molecule has 0 bridgehead atoms. The Labute approximate surface area is 247 Å². The molecule has 1 atom stereocenters. The molecule has 0 fully saturated rings. The van der Waals surface area contributed by atoms with Crippen molar-refractivity contribution in [1.82, 2.24) is 0 Å². The third kappa shape index (κ3) is 4.42. The number of para-hydroxylation sites is 1. The summed E-state index contributed by atoms with van der Waals surface area (Å²) in [4.78, 5) is 2.32. The molecular formula is C38H33N2OP. The monoisotopic (exact) mass is 564 g/mol. The van der Waals surface area contributed by atoms with Crippen LogP contribution in [0.2, 0.25) is 0 Å². The third-order valence-corrected chi connectivity index (χ3v) is 11.0. The average Bonchev–Trinajstić information content (AvgIpc) is 3.22. The van der Waals surface area contributed by atoms with Gasteiger partial charge in [0.1, 0.15) is 5.75 Å². The van der Waals surface area contributed by atoms with E-state index in [0.29, 0.717) is 0 Å². The van der Waals surface area contributed by atoms with Gasteiger partial charge in [-0.05, 0) is 46.7 Å². The van der Waals surface area contributed by atoms with E-state index in [1.165, 1.54) is 16.9 Å². The molecule has 6 aromatic rings. The number of fused-ring (bicyclic) bond motifs is 3. The highest BCUT2D eigenvalue weighted by atomic mass is 31.2. The Kier molecular flexibility index (Phi) is 6.49. The van der Waals surface area contributed by atoms with Crippen LogP contribution in [0.1, 0.15) is 19.4 Å². The minimum Gasteiger partial charge on any atom is -0.452 e. The van der Waals surface area contributed by atoms with E-state index in [9.17, 15) is 0 Å². The first-order chi connectivity index (χ1) is 20.5. The molecule has 0 saturated heterocycles. The molecule has 1 aliphatic rings. The van der Waals surface area contributed by atoms with Crippen LogP contribution in [-0.4, -0.2) is 7.05 Å². The Morgan fingerprint density at radius 1 is 0.643 bits per heavy atom. The normalized spacial score (nSPS) is 16.4. The smallest absolute Gasteiger partial charge is 0.191 e. The molecule has 0 radical (unpaired) electrons. The Bertz CT molecular complexity index is 2020. The highest BCUT2D eigenvalue weighted by Gasteiger charge is 2.40. The van der Waals surface area contributed by atoms with Crippen LogP contribution in [0.15, 0.2) is 156 Å². The summed E-state index contributed by atoms with van der Waals surface area (Å²) in [7, 11) is -0.713. The second-order valence-corrected chi connectivity index (χ2v) is 13.7. The van der Waals surface area contributed by atoms with Gasteiger partial charge in [0.2, 0.25) is 0 Å². The van der Waals surface area contributed by atoms with Gasteiger partial charge in [0.25, 0.3) is 0 Å². The standard InChI is InChI=1S/C38H33N2OP/c1-38(2)33-23-11-12-25-35(33)40(3)37(38)27-42(30-19-5-4-6-20-30,39-34-24-13-17-28-15-7-9-21-31(28)34)41-36-26-14-18-29-16-8-10-22-32(29)36/h4-27H,1-3H3/b37-27-. The van der Waals surface area contributed by atoms with Gasteiger partial charge in [0, 0.05) is 45.7 Å². The van der Waals surface area contributed by atoms with Gasteiger partial charge < -0.3 is 9.42 Å². The van der Waals surface area contributed by atoms with Crippen molar-refractivity contribution < 1.29 is 4.52 Å². The Morgan fingerprint density at radius 2 is 1.24 bits per heavy atom. The highest BCUT2D eigenvalue weighted by Crippen LogP contribution is 2.59. The first-order valence-corrected chi connectivity index (χ1v) is 16.1. The van der Waals surface area contributed by atoms with Crippen molar-refractivity contribution in [3.8, 4) is 5.75 Å². The molecule has 1 heterocycles. The van der Waals surface area contributed by atoms with Crippen molar-refractivity contribution in [2.45, 2.75) is 19.3 Å². The zero-order valence-electron chi connectivity index (χ0n) is 24.1. The molecule has 1 unspecified atom stereocenters. The van der Waals surface area contributed by atoms with E-state index in [0.717, 1.165) is 38.3 Å². The van der Waals surface area contributed by atoms with E-state index in [1.807, 2.05) is 0 Å². The predicted molar refractivity (Wildman–Crippen MR) is 180 cm³/mol. The molecule has 3 nitrogen and oxygen atoms in total. The van der Waals surface area contributed by atoms with Gasteiger partial charge in [-0.15, -0.1) is 0 Å². The number of nitrogens with zero attached hydrogens (tertiary/aromatic N) is 2. The number of rotatable bonds is 5. The van der Waals surface area contributed by atoms with Crippen molar-refractivity contribution in [3.63, 3.8) is 0 Å². The Morgan fingerprint density at radius 3 is 2.00 bits per heavy atom. The van der Waals surface area contributed by atoms with Gasteiger partial charge in [0.15, 0.2) is 7.28 Å². The maximum Gasteiger partial charge on any atom is 0.191 e. The second-order valence-electron chi connectivity index (χ2n) is 11.3. The van der Waals surface area contributed by atoms with Crippen molar-refractivity contribution in [1.29, 1.82) is 0 Å². The molecule has 6 aromatic carbocycles. The summed E-state index contributed by atoms with van der Waals surface area (Å²) in [6.07, 6.45) is 0. The topological polar surface area (TPSA) is 24.8 Å². The van der Waals surface area contributed by atoms with Gasteiger partial charge >= 0.3 is 0 Å². The highest BCUT2D eigenvalue weighted by molar-refractivity contribution is 7.72. The summed E-state index contributed by atoms with van der Waals surface area (Å²) in [6.45, 7) is 4.60. The lowest BCUT2D eigenvalue weighted by molar-refractivity contribution is 0.619. The van der Waals surface area contributed by atoms with Gasteiger partial charge in [-0.25, -0.2) is 4.74 Å². The summed E-state index contributed by atoms with van der Waals surface area (Å²) in [5.41, 5.74) is 4.40. The summed E-state index contributed by atoms with van der Waals surface area (Å²) >= 11 is 0. The van der Waals surface area contributed by atoms with E-state index in [4.69, 9.17) is 9.27 Å². The molecule has 7 rings (SSSR count). The number of anilines is 1. The van der Waals surface area contributed by atoms with Crippen LogP contribution >= 0.6 is 7.28 Å². The molecule has 4 heteroatoms. The number of likely N-dealkylation sites (N-methyl/N-ethyl adjacent to an activating group) is 1. The Balaban J connectivity index is 1.58. The minimum atomic E-state index is -2.87. The van der Waals surface area contributed by atoms with Crippen LogP contribution in [0.4, 0.5) is 11.4 Å². The molecule has 0 aromatic heterocycles. The number of hydrogen-bond donors (Lipinski definition) is 0. The zero-order chi connectivity index (χ0) is 28.7. The molecule has 0 N–H and O–H groups in total. The lowest BCUT2D eigenvalue weighted by Crippen LogP contribution is -2.24. The molecule has 0 aliphatic carbocycles. The van der Waals surface area contributed by atoms with E-state index in [1.54, 1.807) is 0 Å². The van der Waals surface area contributed by atoms with Crippen LogP contribution < -0.4 is 14.7 Å². The third-order valence-electron chi connectivity index (χ3n) is 8.37. The minimum absolute atomic E-state index is 0.234. The second kappa shape index (κ2) is 10.4. The quantitative estimate of drug-likeness (QED) is 0.195. The van der Waals surface area contributed by atoms with Gasteiger partial charge in [-0.3, -0.25) is 0 Å². The maximum atomic E-state index is 7.40. The van der Waals surface area contributed by atoms with Crippen molar-refractivity contribution in [3.05, 3.63) is 157 Å². The summed E-state index contributed by atoms with van der Waals surface area (Å²) in [5.74, 6) is 3.19. The fourth-order valence-corrected chi connectivity index (χ4v) is 9.08. The zero-order valence-corrected chi connectivity index (χ0v) is 25.0. The van der Waals surface area contributed by atoms with Crippen LogP contribution in [0, 0.1) is 0 Å². The van der Waals surface area contributed by atoms with Crippen molar-refractivity contribution in [2.24, 2.45) is 4.74 Å². The van der Waals surface area contributed by atoms with Crippen LogP contribution in [-0.2, 0) is 5.41 Å². The molecule has 0 saturated carbocycles. The Hall–Kier alpha value is -4.59. The maximum absolute atomic E-state index is 7.40. The number of benzene rings is 6. The van der Waals surface area contributed by atoms with E-state index >= 15 is 0 Å². The molecule has 1 aliphatic heterocycles. The summed E-state index contributed by atoms with van der Waals surface area (Å²) in [6, 6.07) is 48.8. The van der Waals surface area contributed by atoms with Gasteiger partial charge in [-0.1, -0.05) is 123 Å². The predicted octanol–water partition coefficient (Wildman–Crippen LogP) is 10.4. The molecule has 0 amide bonds. The lowest BCUT2D eigenvalue weighted by atomic mass is 9.84. The first-order valence-electron chi connectivity index (χ1n) is 14.4. The van der Waals surface area contributed by atoms with Gasteiger partial charge in [0.05, 0.1) is 5.69 Å². The molecular weight excluding hydrogens is 531 g/mol. The van der Waals surface area contributed by atoms with E-state index < -0.39 is 7.28 Å². The molecule has 206 valence electrons. The average molecular weight is 565 g/mol. The van der Waals surface area contributed by atoms with E-state index in [-0.39, 0.29) is 5.41 Å². The fraction of sp³-hybridized carbons (Fsp3) is 0.105. The van der Waals surface area contributed by atoms with Crippen LogP contribution in [0.25, 0.3) is 21.5 Å². The van der Waals surface area contributed by atoms with Crippen LogP contribution in [0.5, 0.6) is 5.75 Å². The van der Waals surface area contributed by atoms with Crippen LogP contribution in [0.3, 0.4) is 0 Å². The van der Waals surface area contributed by atoms with Crippen molar-refractivity contribution in [2.75, 3.05) is 11.9 Å². The lowest BCUT2D eigenvalue weighted by Gasteiger charge is -2.30. The fourth-order valence-electron chi connectivity index (χ4n) is 6.18. The number of allylic oxidation sites excluding steroid dienone is 1. The molecule has 0 spiro atoms.